The van der Waals surface area contributed by atoms with Gasteiger partial charge in [0.25, 0.3) is 0 Å². The Labute approximate surface area is 166 Å². The number of rotatable bonds is 8. The molecule has 0 aliphatic carbocycles. The Hall–Kier alpha value is -1.76. The van der Waals surface area contributed by atoms with E-state index < -0.39 is 0 Å². The molecule has 150 valence electrons. The lowest BCUT2D eigenvalue weighted by Crippen LogP contribution is -2.51. The average Bonchev–Trinajstić information content (AvgIpc) is 2.66. The zero-order valence-electron chi connectivity index (χ0n) is 16.5. The summed E-state index contributed by atoms with van der Waals surface area (Å²) in [6.45, 7) is 9.79. The van der Waals surface area contributed by atoms with Crippen LogP contribution < -0.4 is 14.8 Å². The minimum Gasteiger partial charge on any atom is -0.491 e. The van der Waals surface area contributed by atoms with E-state index in [1.165, 1.54) is 6.08 Å². The summed E-state index contributed by atoms with van der Waals surface area (Å²) in [5, 5.41) is 3.47. The topological polar surface area (TPSA) is 60.0 Å². The van der Waals surface area contributed by atoms with E-state index in [9.17, 15) is 4.79 Å². The van der Waals surface area contributed by atoms with Crippen LogP contribution in [0.4, 0.5) is 0 Å². The fourth-order valence-corrected chi connectivity index (χ4v) is 3.31. The number of carbonyl (C=O) groups excluding carboxylic acids is 1. The second-order valence-corrected chi connectivity index (χ2v) is 6.89. The Morgan fingerprint density at radius 2 is 2.07 bits per heavy atom. The van der Waals surface area contributed by atoms with Gasteiger partial charge in [0, 0.05) is 31.2 Å². The van der Waals surface area contributed by atoms with Gasteiger partial charge in [-0.05, 0) is 44.5 Å². The van der Waals surface area contributed by atoms with Gasteiger partial charge < -0.3 is 19.5 Å². The van der Waals surface area contributed by atoms with Crippen LogP contribution in [0.2, 0.25) is 5.02 Å². The van der Waals surface area contributed by atoms with Gasteiger partial charge in [-0.1, -0.05) is 11.6 Å². The van der Waals surface area contributed by atoms with E-state index in [1.807, 2.05) is 13.8 Å². The van der Waals surface area contributed by atoms with Gasteiger partial charge in [-0.2, -0.15) is 0 Å². The summed E-state index contributed by atoms with van der Waals surface area (Å²) >= 11 is 6.24. The Kier molecular flexibility index (Phi) is 8.41. The molecule has 6 nitrogen and oxygen atoms in total. The fourth-order valence-electron chi connectivity index (χ4n) is 3.01. The van der Waals surface area contributed by atoms with Crippen LogP contribution in [0.1, 0.15) is 26.3 Å². The van der Waals surface area contributed by atoms with Gasteiger partial charge in [0.1, 0.15) is 0 Å². The van der Waals surface area contributed by atoms with Crippen LogP contribution in [0.5, 0.6) is 11.5 Å². The number of hydrogen-bond acceptors (Lipinski definition) is 5. The molecule has 1 amide bonds. The van der Waals surface area contributed by atoms with Crippen molar-refractivity contribution < 1.29 is 19.0 Å². The molecule has 0 saturated carbocycles. The molecule has 1 aromatic carbocycles. The third-order valence-corrected chi connectivity index (χ3v) is 4.96. The van der Waals surface area contributed by atoms with Gasteiger partial charge in [-0.15, -0.1) is 0 Å². The number of halogens is 1. The second-order valence-electron chi connectivity index (χ2n) is 6.49. The number of ether oxygens (including phenoxy) is 3. The minimum atomic E-state index is -0.146. The highest BCUT2D eigenvalue weighted by molar-refractivity contribution is 6.32. The van der Waals surface area contributed by atoms with Crippen LogP contribution in [0.25, 0.3) is 6.08 Å². The summed E-state index contributed by atoms with van der Waals surface area (Å²) in [6, 6.07) is 3.81. The molecule has 1 aromatic rings. The van der Waals surface area contributed by atoms with Crippen molar-refractivity contribution in [3.63, 3.8) is 0 Å². The molecule has 0 aromatic heterocycles. The summed E-state index contributed by atoms with van der Waals surface area (Å²) in [7, 11) is 1.55. The summed E-state index contributed by atoms with van der Waals surface area (Å²) in [4.78, 5) is 14.6. The van der Waals surface area contributed by atoms with E-state index >= 15 is 0 Å². The third-order valence-electron chi connectivity index (χ3n) is 4.68. The normalized spacial score (nSPS) is 17.5. The lowest BCUT2D eigenvalue weighted by atomic mass is 10.1. The predicted octanol–water partition coefficient (Wildman–Crippen LogP) is 2.99. The molecule has 1 aliphatic rings. The van der Waals surface area contributed by atoms with Gasteiger partial charge >= 0.3 is 0 Å². The Balaban J connectivity index is 1.99. The molecular formula is C20H29ClN2O4. The summed E-state index contributed by atoms with van der Waals surface area (Å²) in [5.74, 6) is 0.905. The molecular weight excluding hydrogens is 368 g/mol. The van der Waals surface area contributed by atoms with Crippen molar-refractivity contribution in [1.82, 2.24) is 10.2 Å². The van der Waals surface area contributed by atoms with Crippen molar-refractivity contribution in [3.8, 4) is 11.5 Å². The van der Waals surface area contributed by atoms with Crippen LogP contribution >= 0.6 is 11.6 Å². The smallest absolute Gasteiger partial charge is 0.244 e. The largest absolute Gasteiger partial charge is 0.491 e. The molecule has 1 heterocycles. The fraction of sp³-hybridized carbons (Fsp3) is 0.550. The Morgan fingerprint density at radius 1 is 1.37 bits per heavy atom. The van der Waals surface area contributed by atoms with Crippen LogP contribution in [-0.4, -0.2) is 62.9 Å². The standard InChI is InChI=1S/C20H29ClN2O4/c1-5-27-18-13-16(12-17(21)20(18)25-4)6-7-19(24)22-14(2)15(3)23-8-10-26-11-9-23/h6-7,12-15H,5,8-11H2,1-4H3,(H,22,24). The van der Waals surface area contributed by atoms with Crippen molar-refractivity contribution in [2.24, 2.45) is 0 Å². The lowest BCUT2D eigenvalue weighted by Gasteiger charge is -2.35. The van der Waals surface area contributed by atoms with Gasteiger partial charge in [0.15, 0.2) is 11.5 Å². The van der Waals surface area contributed by atoms with E-state index in [0.717, 1.165) is 31.9 Å². The molecule has 1 fully saturated rings. The predicted molar refractivity (Wildman–Crippen MR) is 108 cm³/mol. The second kappa shape index (κ2) is 10.5. The molecule has 2 atom stereocenters. The summed E-state index contributed by atoms with van der Waals surface area (Å²) < 4.78 is 16.2. The summed E-state index contributed by atoms with van der Waals surface area (Å²) in [6.07, 6.45) is 3.23. The molecule has 2 rings (SSSR count). The SMILES string of the molecule is CCOc1cc(C=CC(=O)NC(C)C(C)N2CCOCC2)cc(Cl)c1OC. The van der Waals surface area contributed by atoms with Crippen LogP contribution in [0.15, 0.2) is 18.2 Å². The molecule has 0 spiro atoms. The number of hydrogen-bond donors (Lipinski definition) is 1. The van der Waals surface area contributed by atoms with E-state index in [0.29, 0.717) is 23.1 Å². The Bertz CT molecular complexity index is 660. The summed E-state index contributed by atoms with van der Waals surface area (Å²) in [5.41, 5.74) is 0.772. The number of nitrogens with one attached hydrogen (secondary N) is 1. The van der Waals surface area contributed by atoms with Crippen LogP contribution in [0.3, 0.4) is 0 Å². The molecule has 2 unspecified atom stereocenters. The molecule has 0 radical (unpaired) electrons. The van der Waals surface area contributed by atoms with Gasteiger partial charge in [0.05, 0.1) is 32.0 Å². The highest BCUT2D eigenvalue weighted by Gasteiger charge is 2.22. The molecule has 0 bridgehead atoms. The van der Waals surface area contributed by atoms with E-state index in [2.05, 4.69) is 17.1 Å². The molecule has 1 aliphatic heterocycles. The quantitative estimate of drug-likeness (QED) is 0.684. The molecule has 7 heteroatoms. The first-order valence-corrected chi connectivity index (χ1v) is 9.64. The minimum absolute atomic E-state index is 0.0266. The van der Waals surface area contributed by atoms with Crippen molar-refractivity contribution in [3.05, 3.63) is 28.8 Å². The maximum Gasteiger partial charge on any atom is 0.244 e. The maximum atomic E-state index is 12.3. The number of benzene rings is 1. The molecule has 1 N–H and O–H groups in total. The number of carbonyl (C=O) groups is 1. The zero-order valence-corrected chi connectivity index (χ0v) is 17.2. The van der Waals surface area contributed by atoms with Crippen molar-refractivity contribution in [1.29, 1.82) is 0 Å². The Morgan fingerprint density at radius 3 is 2.70 bits per heavy atom. The molecule has 27 heavy (non-hydrogen) atoms. The number of methoxy groups -OCH3 is 1. The van der Waals surface area contributed by atoms with Crippen LogP contribution in [-0.2, 0) is 9.53 Å². The van der Waals surface area contributed by atoms with E-state index in [-0.39, 0.29) is 18.0 Å². The number of amides is 1. The lowest BCUT2D eigenvalue weighted by molar-refractivity contribution is -0.117. The first kappa shape index (κ1) is 21.5. The highest BCUT2D eigenvalue weighted by Crippen LogP contribution is 2.36. The zero-order chi connectivity index (χ0) is 19.8. The van der Waals surface area contributed by atoms with Gasteiger partial charge in [-0.25, -0.2) is 0 Å². The van der Waals surface area contributed by atoms with E-state index in [1.54, 1.807) is 25.3 Å². The maximum absolute atomic E-state index is 12.3. The van der Waals surface area contributed by atoms with Crippen LogP contribution in [0, 0.1) is 0 Å². The first-order valence-electron chi connectivity index (χ1n) is 9.27. The monoisotopic (exact) mass is 396 g/mol. The van der Waals surface area contributed by atoms with Crippen molar-refractivity contribution >= 4 is 23.6 Å². The van der Waals surface area contributed by atoms with Crippen molar-refractivity contribution in [2.45, 2.75) is 32.9 Å². The van der Waals surface area contributed by atoms with Gasteiger partial charge in [-0.3, -0.25) is 9.69 Å². The molecule has 1 saturated heterocycles. The third kappa shape index (κ3) is 6.13. The highest BCUT2D eigenvalue weighted by atomic mass is 35.5. The van der Waals surface area contributed by atoms with Gasteiger partial charge in [0.2, 0.25) is 5.91 Å². The number of nitrogens with zero attached hydrogens (tertiary/aromatic N) is 1. The average molecular weight is 397 g/mol. The first-order chi connectivity index (χ1) is 13.0. The number of morpholine rings is 1. The van der Waals surface area contributed by atoms with E-state index in [4.69, 9.17) is 25.8 Å². The van der Waals surface area contributed by atoms with Crippen molar-refractivity contribution in [2.75, 3.05) is 40.0 Å².